The average molecular weight is 452 g/mol. The van der Waals surface area contributed by atoms with E-state index in [9.17, 15) is 14.4 Å². The maximum Gasteiger partial charge on any atom is 0.255 e. The summed E-state index contributed by atoms with van der Waals surface area (Å²) in [5.41, 5.74) is 1.80. The van der Waals surface area contributed by atoms with Crippen LogP contribution in [0.15, 0.2) is 97.1 Å². The number of hydrogen-bond acceptors (Lipinski definition) is 3. The molecule has 0 aromatic heterocycles. The van der Waals surface area contributed by atoms with Crippen molar-refractivity contribution >= 4 is 39.9 Å². The van der Waals surface area contributed by atoms with Crippen LogP contribution in [-0.4, -0.2) is 23.8 Å². The number of carbonyl (C=O) groups is 3. The van der Waals surface area contributed by atoms with Crippen LogP contribution < -0.4 is 16.0 Å². The molecule has 0 radical (unpaired) electrons. The third-order valence-corrected chi connectivity index (χ3v) is 5.50. The summed E-state index contributed by atoms with van der Waals surface area (Å²) in [6.07, 6.45) is 0.406. The molecule has 0 bridgehead atoms. The second-order valence-corrected chi connectivity index (χ2v) is 7.85. The fourth-order valence-electron chi connectivity index (χ4n) is 3.66. The number of anilines is 2. The van der Waals surface area contributed by atoms with E-state index >= 15 is 0 Å². The second-order valence-electron chi connectivity index (χ2n) is 7.85. The van der Waals surface area contributed by atoms with E-state index in [1.165, 1.54) is 0 Å². The number of benzene rings is 4. The van der Waals surface area contributed by atoms with Gasteiger partial charge in [0.25, 0.3) is 11.8 Å². The van der Waals surface area contributed by atoms with Crippen molar-refractivity contribution in [3.63, 3.8) is 0 Å². The van der Waals surface area contributed by atoms with Crippen molar-refractivity contribution in [3.8, 4) is 0 Å². The highest BCUT2D eigenvalue weighted by molar-refractivity contribution is 6.10. The summed E-state index contributed by atoms with van der Waals surface area (Å²) in [4.78, 5) is 38.5. The lowest BCUT2D eigenvalue weighted by atomic mass is 10.1. The average Bonchev–Trinajstić information content (AvgIpc) is 2.87. The van der Waals surface area contributed by atoms with E-state index in [1.54, 1.807) is 48.5 Å². The molecule has 3 N–H and O–H groups in total. The summed E-state index contributed by atoms with van der Waals surface area (Å²) in [6, 6.07) is 28.3. The van der Waals surface area contributed by atoms with Gasteiger partial charge < -0.3 is 16.0 Å². The van der Waals surface area contributed by atoms with Gasteiger partial charge in [0.2, 0.25) is 5.91 Å². The predicted molar refractivity (Wildman–Crippen MR) is 135 cm³/mol. The van der Waals surface area contributed by atoms with Gasteiger partial charge in [0.15, 0.2) is 0 Å². The van der Waals surface area contributed by atoms with Crippen LogP contribution in [0.25, 0.3) is 10.8 Å². The quantitative estimate of drug-likeness (QED) is 0.359. The number of rotatable bonds is 7. The third-order valence-electron chi connectivity index (χ3n) is 5.50. The molecular formula is C28H25N3O3. The predicted octanol–water partition coefficient (Wildman–Crippen LogP) is 5.24. The molecule has 0 aliphatic carbocycles. The molecule has 4 aromatic carbocycles. The first kappa shape index (κ1) is 22.7. The van der Waals surface area contributed by atoms with Crippen LogP contribution in [0.5, 0.6) is 0 Å². The van der Waals surface area contributed by atoms with Crippen molar-refractivity contribution in [2.45, 2.75) is 19.4 Å². The van der Waals surface area contributed by atoms with Gasteiger partial charge in [0, 0.05) is 11.3 Å². The van der Waals surface area contributed by atoms with Crippen LogP contribution in [0.1, 0.15) is 34.1 Å². The van der Waals surface area contributed by atoms with E-state index in [4.69, 9.17) is 0 Å². The van der Waals surface area contributed by atoms with Gasteiger partial charge in [-0.1, -0.05) is 67.6 Å². The summed E-state index contributed by atoms with van der Waals surface area (Å²) in [7, 11) is 0. The zero-order valence-corrected chi connectivity index (χ0v) is 18.7. The van der Waals surface area contributed by atoms with Crippen LogP contribution in [0, 0.1) is 0 Å². The molecule has 0 saturated carbocycles. The van der Waals surface area contributed by atoms with Crippen molar-refractivity contribution in [1.29, 1.82) is 0 Å². The van der Waals surface area contributed by atoms with Gasteiger partial charge in [-0.05, 0) is 53.6 Å². The number of carbonyl (C=O) groups excluding carboxylic acids is 3. The SMILES string of the molecule is CCC(NC(=O)c1ccccc1NC(=O)c1ccccc1)C(=O)Nc1ccc2ccccc2c1. The van der Waals surface area contributed by atoms with Gasteiger partial charge in [-0.3, -0.25) is 14.4 Å². The second kappa shape index (κ2) is 10.4. The fourth-order valence-corrected chi connectivity index (χ4v) is 3.66. The maximum absolute atomic E-state index is 13.0. The van der Waals surface area contributed by atoms with Crippen molar-refractivity contribution in [2.24, 2.45) is 0 Å². The monoisotopic (exact) mass is 451 g/mol. The highest BCUT2D eigenvalue weighted by Crippen LogP contribution is 2.20. The Balaban J connectivity index is 1.46. The largest absolute Gasteiger partial charge is 0.340 e. The highest BCUT2D eigenvalue weighted by Gasteiger charge is 2.22. The molecule has 0 spiro atoms. The number of para-hydroxylation sites is 1. The molecule has 0 saturated heterocycles. The van der Waals surface area contributed by atoms with E-state index in [1.807, 2.05) is 55.5 Å². The van der Waals surface area contributed by atoms with Crippen LogP contribution in [0.2, 0.25) is 0 Å². The minimum absolute atomic E-state index is 0.281. The molecule has 34 heavy (non-hydrogen) atoms. The van der Waals surface area contributed by atoms with Crippen molar-refractivity contribution in [2.75, 3.05) is 10.6 Å². The molecule has 0 fully saturated rings. The zero-order chi connectivity index (χ0) is 23.9. The van der Waals surface area contributed by atoms with Gasteiger partial charge in [-0.2, -0.15) is 0 Å². The number of fused-ring (bicyclic) bond motifs is 1. The Labute approximate surface area is 198 Å². The summed E-state index contributed by atoms with van der Waals surface area (Å²) < 4.78 is 0. The Bertz CT molecular complexity index is 1340. The van der Waals surface area contributed by atoms with E-state index in [0.717, 1.165) is 10.8 Å². The van der Waals surface area contributed by atoms with Gasteiger partial charge >= 0.3 is 0 Å². The Morgan fingerprint density at radius 2 is 1.38 bits per heavy atom. The molecule has 1 unspecified atom stereocenters. The summed E-state index contributed by atoms with van der Waals surface area (Å²) in [5, 5.41) is 10.6. The van der Waals surface area contributed by atoms with Crippen LogP contribution in [-0.2, 0) is 4.79 Å². The van der Waals surface area contributed by atoms with Gasteiger partial charge in [-0.15, -0.1) is 0 Å². The van der Waals surface area contributed by atoms with E-state index in [0.29, 0.717) is 23.4 Å². The van der Waals surface area contributed by atoms with Crippen LogP contribution in [0.4, 0.5) is 11.4 Å². The standard InChI is InChI=1S/C28H25N3O3/c1-2-24(28(34)29-22-17-16-19-10-6-7-13-21(19)18-22)30-27(33)23-14-8-9-15-25(23)31-26(32)20-11-4-3-5-12-20/h3-18,24H,2H2,1H3,(H,29,34)(H,30,33)(H,31,32). The molecule has 0 aliphatic rings. The first-order chi connectivity index (χ1) is 16.5. The lowest BCUT2D eigenvalue weighted by Gasteiger charge is -2.18. The van der Waals surface area contributed by atoms with E-state index in [2.05, 4.69) is 16.0 Å². The molecular weight excluding hydrogens is 426 g/mol. The van der Waals surface area contributed by atoms with Crippen LogP contribution in [0.3, 0.4) is 0 Å². The molecule has 4 rings (SSSR count). The minimum atomic E-state index is -0.739. The first-order valence-corrected chi connectivity index (χ1v) is 11.1. The molecule has 4 aromatic rings. The Hall–Kier alpha value is -4.45. The van der Waals surface area contributed by atoms with Gasteiger partial charge in [0.05, 0.1) is 11.3 Å². The molecule has 6 heteroatoms. The topological polar surface area (TPSA) is 87.3 Å². The molecule has 170 valence electrons. The van der Waals surface area contributed by atoms with Gasteiger partial charge in [-0.25, -0.2) is 0 Å². The van der Waals surface area contributed by atoms with Crippen molar-refractivity contribution < 1.29 is 14.4 Å². The zero-order valence-electron chi connectivity index (χ0n) is 18.7. The lowest BCUT2D eigenvalue weighted by molar-refractivity contribution is -0.118. The van der Waals surface area contributed by atoms with E-state index < -0.39 is 11.9 Å². The smallest absolute Gasteiger partial charge is 0.255 e. The van der Waals surface area contributed by atoms with Crippen LogP contribution >= 0.6 is 0 Å². The maximum atomic E-state index is 13.0. The third kappa shape index (κ3) is 5.30. The number of hydrogen-bond donors (Lipinski definition) is 3. The summed E-state index contributed by atoms with van der Waals surface area (Å²) in [5.74, 6) is -1.07. The normalized spacial score (nSPS) is 11.4. The van der Waals surface area contributed by atoms with Crippen molar-refractivity contribution in [3.05, 3.63) is 108 Å². The van der Waals surface area contributed by atoms with Gasteiger partial charge in [0.1, 0.15) is 6.04 Å². The minimum Gasteiger partial charge on any atom is -0.340 e. The fraction of sp³-hybridized carbons (Fsp3) is 0.107. The van der Waals surface area contributed by atoms with E-state index in [-0.39, 0.29) is 17.4 Å². The van der Waals surface area contributed by atoms with Crippen molar-refractivity contribution in [1.82, 2.24) is 5.32 Å². The Morgan fingerprint density at radius 3 is 2.15 bits per heavy atom. The summed E-state index contributed by atoms with van der Waals surface area (Å²) >= 11 is 0. The molecule has 6 nitrogen and oxygen atoms in total. The first-order valence-electron chi connectivity index (χ1n) is 11.1. The molecule has 0 heterocycles. The Morgan fingerprint density at radius 1 is 0.706 bits per heavy atom. The number of nitrogens with one attached hydrogen (secondary N) is 3. The number of amides is 3. The Kier molecular flexibility index (Phi) is 6.98. The molecule has 3 amide bonds. The summed E-state index contributed by atoms with van der Waals surface area (Å²) in [6.45, 7) is 1.83. The molecule has 0 aliphatic heterocycles. The lowest BCUT2D eigenvalue weighted by Crippen LogP contribution is -2.43. The highest BCUT2D eigenvalue weighted by atomic mass is 16.2. The molecule has 1 atom stereocenters.